The van der Waals surface area contributed by atoms with Crippen molar-refractivity contribution in [3.63, 3.8) is 0 Å². The minimum Gasteiger partial charge on any atom is -0.0614 e. The first-order chi connectivity index (χ1) is 9.70. The lowest BCUT2D eigenvalue weighted by atomic mass is 9.97. The van der Waals surface area contributed by atoms with Crippen LogP contribution in [0.2, 0.25) is 0 Å². The Morgan fingerprint density at radius 3 is 2.15 bits per heavy atom. The predicted molar refractivity (Wildman–Crippen MR) is 88.4 cm³/mol. The molecule has 4 aromatic rings. The van der Waals surface area contributed by atoms with Crippen LogP contribution in [0.25, 0.3) is 32.3 Å². The summed E-state index contributed by atoms with van der Waals surface area (Å²) in [6.45, 7) is 4.33. The maximum Gasteiger partial charge on any atom is -0.0148 e. The molecule has 0 aliphatic heterocycles. The molecule has 0 saturated heterocycles. The Bertz CT molecular complexity index is 962. The standard InChI is InChI=1S/C20H16/c1-13-6-7-15-9-18-10-16-5-3-4-14(2)20(16)12-19(18)11-17(15)8-13/h3-12H,1-2H3. The van der Waals surface area contributed by atoms with Crippen molar-refractivity contribution in [2.45, 2.75) is 13.8 Å². The highest BCUT2D eigenvalue weighted by Gasteiger charge is 2.02. The Morgan fingerprint density at radius 2 is 1.25 bits per heavy atom. The molecule has 0 heterocycles. The van der Waals surface area contributed by atoms with E-state index in [0.29, 0.717) is 0 Å². The van der Waals surface area contributed by atoms with Gasteiger partial charge in [-0.2, -0.15) is 0 Å². The minimum absolute atomic E-state index is 1.31. The SMILES string of the molecule is Cc1ccc2cc3cc4cccc(C)c4cc3cc2c1. The highest BCUT2D eigenvalue weighted by atomic mass is 14.1. The molecule has 0 aliphatic carbocycles. The van der Waals surface area contributed by atoms with Crippen LogP contribution in [0.15, 0.2) is 60.7 Å². The van der Waals surface area contributed by atoms with Gasteiger partial charge in [0, 0.05) is 0 Å². The summed E-state index contributed by atoms with van der Waals surface area (Å²) in [7, 11) is 0. The molecule has 0 bridgehead atoms. The van der Waals surface area contributed by atoms with Gasteiger partial charge in [-0.25, -0.2) is 0 Å². The first-order valence-corrected chi connectivity index (χ1v) is 7.04. The lowest BCUT2D eigenvalue weighted by Crippen LogP contribution is -1.82. The minimum atomic E-state index is 1.31. The lowest BCUT2D eigenvalue weighted by Gasteiger charge is -2.07. The van der Waals surface area contributed by atoms with Crippen molar-refractivity contribution in [2.75, 3.05) is 0 Å². The summed E-state index contributed by atoms with van der Waals surface area (Å²) < 4.78 is 0. The van der Waals surface area contributed by atoms with E-state index in [0.717, 1.165) is 0 Å². The van der Waals surface area contributed by atoms with Crippen molar-refractivity contribution >= 4 is 32.3 Å². The van der Waals surface area contributed by atoms with Crippen molar-refractivity contribution in [2.24, 2.45) is 0 Å². The number of hydrogen-bond donors (Lipinski definition) is 0. The molecular formula is C20H16. The van der Waals surface area contributed by atoms with E-state index in [1.54, 1.807) is 0 Å². The second-order valence-corrected chi connectivity index (χ2v) is 5.70. The van der Waals surface area contributed by atoms with Gasteiger partial charge >= 0.3 is 0 Å². The molecule has 0 fully saturated rings. The zero-order valence-electron chi connectivity index (χ0n) is 11.8. The van der Waals surface area contributed by atoms with E-state index in [4.69, 9.17) is 0 Å². The largest absolute Gasteiger partial charge is 0.0614 e. The van der Waals surface area contributed by atoms with Crippen LogP contribution < -0.4 is 0 Å². The highest BCUT2D eigenvalue weighted by molar-refractivity contribution is 6.05. The molecule has 0 N–H and O–H groups in total. The van der Waals surface area contributed by atoms with Crippen molar-refractivity contribution in [1.82, 2.24) is 0 Å². The van der Waals surface area contributed by atoms with Crippen LogP contribution in [-0.2, 0) is 0 Å². The summed E-state index contributed by atoms with van der Waals surface area (Å²) in [6, 6.07) is 22.4. The molecule has 0 aromatic heterocycles. The quantitative estimate of drug-likeness (QED) is 0.351. The summed E-state index contributed by atoms with van der Waals surface area (Å²) in [6.07, 6.45) is 0. The normalized spacial score (nSPS) is 11.5. The molecule has 0 atom stereocenters. The second kappa shape index (κ2) is 4.08. The van der Waals surface area contributed by atoms with Crippen molar-refractivity contribution in [3.8, 4) is 0 Å². The van der Waals surface area contributed by atoms with E-state index in [9.17, 15) is 0 Å². The van der Waals surface area contributed by atoms with E-state index in [-0.39, 0.29) is 0 Å². The monoisotopic (exact) mass is 256 g/mol. The molecule has 4 rings (SSSR count). The third-order valence-corrected chi connectivity index (χ3v) is 4.17. The molecule has 4 aromatic carbocycles. The van der Waals surface area contributed by atoms with Gasteiger partial charge in [0.15, 0.2) is 0 Å². The Hall–Kier alpha value is -2.34. The number of hydrogen-bond acceptors (Lipinski definition) is 0. The fourth-order valence-corrected chi connectivity index (χ4v) is 3.05. The van der Waals surface area contributed by atoms with E-state index in [1.165, 1.54) is 43.4 Å². The maximum absolute atomic E-state index is 2.32. The van der Waals surface area contributed by atoms with Crippen LogP contribution >= 0.6 is 0 Å². The second-order valence-electron chi connectivity index (χ2n) is 5.70. The van der Waals surface area contributed by atoms with Crippen LogP contribution in [0, 0.1) is 13.8 Å². The molecule has 0 heteroatoms. The van der Waals surface area contributed by atoms with Gasteiger partial charge in [-0.3, -0.25) is 0 Å². The summed E-state index contributed by atoms with van der Waals surface area (Å²) in [4.78, 5) is 0. The Balaban J connectivity index is 2.16. The fourth-order valence-electron chi connectivity index (χ4n) is 3.05. The summed E-state index contributed by atoms with van der Waals surface area (Å²) in [5.74, 6) is 0. The van der Waals surface area contributed by atoms with Crippen LogP contribution in [-0.4, -0.2) is 0 Å². The number of fused-ring (bicyclic) bond motifs is 3. The van der Waals surface area contributed by atoms with E-state index >= 15 is 0 Å². The van der Waals surface area contributed by atoms with Gasteiger partial charge in [0.25, 0.3) is 0 Å². The van der Waals surface area contributed by atoms with Gasteiger partial charge in [0.05, 0.1) is 0 Å². The van der Waals surface area contributed by atoms with Gasteiger partial charge in [0.2, 0.25) is 0 Å². The fraction of sp³-hybridized carbons (Fsp3) is 0.100. The molecular weight excluding hydrogens is 240 g/mol. The lowest BCUT2D eigenvalue weighted by molar-refractivity contribution is 1.51. The number of benzene rings is 4. The molecule has 0 saturated carbocycles. The third-order valence-electron chi connectivity index (χ3n) is 4.17. The van der Waals surface area contributed by atoms with E-state index < -0.39 is 0 Å². The van der Waals surface area contributed by atoms with Gasteiger partial charge in [0.1, 0.15) is 0 Å². The zero-order valence-corrected chi connectivity index (χ0v) is 11.8. The predicted octanol–water partition coefficient (Wildman–Crippen LogP) is 5.76. The number of aryl methyl sites for hydroxylation is 2. The smallest absolute Gasteiger partial charge is 0.0148 e. The first-order valence-electron chi connectivity index (χ1n) is 7.04. The summed E-state index contributed by atoms with van der Waals surface area (Å²) in [5.41, 5.74) is 2.66. The van der Waals surface area contributed by atoms with Crippen molar-refractivity contribution < 1.29 is 0 Å². The molecule has 0 nitrogen and oxygen atoms in total. The van der Waals surface area contributed by atoms with Gasteiger partial charge in [-0.05, 0) is 76.0 Å². The van der Waals surface area contributed by atoms with Crippen LogP contribution in [0.4, 0.5) is 0 Å². The van der Waals surface area contributed by atoms with E-state index in [1.807, 2.05) is 0 Å². The Morgan fingerprint density at radius 1 is 0.550 bits per heavy atom. The van der Waals surface area contributed by atoms with Gasteiger partial charge < -0.3 is 0 Å². The molecule has 0 radical (unpaired) electrons. The van der Waals surface area contributed by atoms with Crippen molar-refractivity contribution in [3.05, 3.63) is 71.8 Å². The molecule has 0 spiro atoms. The molecule has 0 unspecified atom stereocenters. The molecule has 0 amide bonds. The van der Waals surface area contributed by atoms with Crippen LogP contribution in [0.1, 0.15) is 11.1 Å². The van der Waals surface area contributed by atoms with Gasteiger partial charge in [-0.1, -0.05) is 42.0 Å². The Labute approximate surface area is 118 Å². The summed E-state index contributed by atoms with van der Waals surface area (Å²) in [5, 5.41) is 7.96. The van der Waals surface area contributed by atoms with Crippen LogP contribution in [0.3, 0.4) is 0 Å². The molecule has 20 heavy (non-hydrogen) atoms. The van der Waals surface area contributed by atoms with Crippen LogP contribution in [0.5, 0.6) is 0 Å². The van der Waals surface area contributed by atoms with Crippen molar-refractivity contribution in [1.29, 1.82) is 0 Å². The van der Waals surface area contributed by atoms with Gasteiger partial charge in [-0.15, -0.1) is 0 Å². The molecule has 0 aliphatic rings. The third kappa shape index (κ3) is 1.69. The zero-order chi connectivity index (χ0) is 13.7. The average Bonchev–Trinajstić information content (AvgIpc) is 2.44. The highest BCUT2D eigenvalue weighted by Crippen LogP contribution is 2.29. The number of rotatable bonds is 0. The first kappa shape index (κ1) is 11.5. The maximum atomic E-state index is 2.32. The Kier molecular flexibility index (Phi) is 2.34. The molecule has 96 valence electrons. The summed E-state index contributed by atoms with van der Waals surface area (Å²) >= 11 is 0. The topological polar surface area (TPSA) is 0 Å². The van der Waals surface area contributed by atoms with E-state index in [2.05, 4.69) is 74.5 Å². The average molecular weight is 256 g/mol.